The van der Waals surface area contributed by atoms with E-state index in [0.29, 0.717) is 0 Å². The molecule has 3 aromatic rings. The predicted molar refractivity (Wildman–Crippen MR) is 134 cm³/mol. The number of para-hydroxylation sites is 1. The maximum atomic E-state index is 13.1. The molecule has 0 aromatic heterocycles. The Morgan fingerprint density at radius 3 is 2.32 bits per heavy atom. The smallest absolute Gasteiger partial charge is 0.346 e. The van der Waals surface area contributed by atoms with Crippen LogP contribution < -0.4 is 19.1 Å². The van der Waals surface area contributed by atoms with Crippen LogP contribution in [0, 0.1) is 17.0 Å². The van der Waals surface area contributed by atoms with Crippen molar-refractivity contribution in [3.05, 3.63) is 93.5 Å². The van der Waals surface area contributed by atoms with E-state index in [0.717, 1.165) is 22.6 Å². The summed E-state index contributed by atoms with van der Waals surface area (Å²) < 4.78 is 35.9. The Kier molecular flexibility index (Phi) is 6.95. The second-order valence-electron chi connectivity index (χ2n) is 7.97. The first-order valence-electron chi connectivity index (χ1n) is 10.9. The van der Waals surface area contributed by atoms with E-state index in [9.17, 15) is 32.9 Å². The molecule has 1 N–H and O–H groups in total. The molecule has 194 valence electrons. The number of carbonyl (C=O) groups excluding carboxylic acids is 3. The van der Waals surface area contributed by atoms with Crippen LogP contribution in [0.5, 0.6) is 11.5 Å². The van der Waals surface area contributed by atoms with Gasteiger partial charge in [0.15, 0.2) is 16.4 Å². The van der Waals surface area contributed by atoms with Gasteiger partial charge in [0.05, 0.1) is 17.7 Å². The van der Waals surface area contributed by atoms with Gasteiger partial charge >= 0.3 is 16.1 Å². The highest BCUT2D eigenvalue weighted by Crippen LogP contribution is 2.34. The second kappa shape index (κ2) is 10.1. The van der Waals surface area contributed by atoms with Gasteiger partial charge in [0.2, 0.25) is 0 Å². The van der Waals surface area contributed by atoms with Gasteiger partial charge in [-0.3, -0.25) is 25.0 Å². The van der Waals surface area contributed by atoms with Gasteiger partial charge in [-0.1, -0.05) is 35.9 Å². The molecule has 0 aliphatic carbocycles. The van der Waals surface area contributed by atoms with E-state index in [1.54, 1.807) is 24.3 Å². The van der Waals surface area contributed by atoms with Crippen LogP contribution in [0.4, 0.5) is 16.2 Å². The molecule has 0 spiro atoms. The fraction of sp³-hybridized carbons (Fsp3) is 0.0800. The Balaban J connectivity index is 1.67. The van der Waals surface area contributed by atoms with E-state index in [-0.39, 0.29) is 28.3 Å². The molecule has 3 aromatic carbocycles. The molecule has 1 heterocycles. The van der Waals surface area contributed by atoms with Crippen molar-refractivity contribution in [2.24, 2.45) is 0 Å². The predicted octanol–water partition coefficient (Wildman–Crippen LogP) is 3.35. The summed E-state index contributed by atoms with van der Waals surface area (Å²) in [6, 6.07) is 14.2. The summed E-state index contributed by atoms with van der Waals surface area (Å²) in [5.41, 5.74) is 0.395. The maximum Gasteiger partial charge on any atom is 0.346 e. The highest BCUT2D eigenvalue weighted by molar-refractivity contribution is 7.87. The average Bonchev–Trinajstić information content (AvgIpc) is 2.88. The van der Waals surface area contributed by atoms with E-state index in [1.165, 1.54) is 43.5 Å². The van der Waals surface area contributed by atoms with Crippen molar-refractivity contribution in [3.63, 3.8) is 0 Å². The Morgan fingerprint density at radius 2 is 1.66 bits per heavy atom. The van der Waals surface area contributed by atoms with E-state index in [2.05, 4.69) is 5.32 Å². The Morgan fingerprint density at radius 1 is 0.974 bits per heavy atom. The van der Waals surface area contributed by atoms with Crippen molar-refractivity contribution in [2.75, 3.05) is 12.0 Å². The van der Waals surface area contributed by atoms with E-state index in [4.69, 9.17) is 8.92 Å². The van der Waals surface area contributed by atoms with Crippen molar-refractivity contribution in [1.29, 1.82) is 0 Å². The zero-order chi connectivity index (χ0) is 27.6. The van der Waals surface area contributed by atoms with E-state index in [1.807, 2.05) is 6.92 Å². The van der Waals surface area contributed by atoms with Crippen LogP contribution in [-0.4, -0.2) is 38.3 Å². The number of nitrogens with zero attached hydrogens (tertiary/aromatic N) is 2. The minimum absolute atomic E-state index is 0.100. The first kappa shape index (κ1) is 26.0. The molecular weight excluding hydrogens is 518 g/mol. The summed E-state index contributed by atoms with van der Waals surface area (Å²) >= 11 is 0. The fourth-order valence-electron chi connectivity index (χ4n) is 3.58. The molecule has 38 heavy (non-hydrogen) atoms. The summed E-state index contributed by atoms with van der Waals surface area (Å²) in [7, 11) is -3.40. The van der Waals surface area contributed by atoms with Crippen LogP contribution in [0.15, 0.2) is 77.2 Å². The molecule has 13 heteroatoms. The lowest BCUT2D eigenvalue weighted by molar-refractivity contribution is -0.387. The largest absolute Gasteiger partial charge is 0.493 e. The van der Waals surface area contributed by atoms with Gasteiger partial charge in [0.25, 0.3) is 17.5 Å². The van der Waals surface area contributed by atoms with Gasteiger partial charge < -0.3 is 8.92 Å². The number of nitro groups is 1. The number of aryl methyl sites for hydroxylation is 1. The zero-order valence-corrected chi connectivity index (χ0v) is 20.7. The third-order valence-electron chi connectivity index (χ3n) is 5.42. The summed E-state index contributed by atoms with van der Waals surface area (Å²) in [5, 5.41) is 13.4. The van der Waals surface area contributed by atoms with Crippen LogP contribution in [0.2, 0.25) is 0 Å². The van der Waals surface area contributed by atoms with E-state index < -0.39 is 43.5 Å². The summed E-state index contributed by atoms with van der Waals surface area (Å²) in [4.78, 5) is 48.5. The van der Waals surface area contributed by atoms with Crippen molar-refractivity contribution in [3.8, 4) is 11.5 Å². The summed E-state index contributed by atoms with van der Waals surface area (Å²) in [6.45, 7) is 1.84. The molecule has 0 bridgehead atoms. The number of ether oxygens (including phenoxy) is 1. The highest BCUT2D eigenvalue weighted by Gasteiger charge is 2.37. The summed E-state index contributed by atoms with van der Waals surface area (Å²) in [5.74, 6) is -2.16. The first-order chi connectivity index (χ1) is 18.0. The number of imide groups is 2. The van der Waals surface area contributed by atoms with Gasteiger partial charge in [0.1, 0.15) is 5.57 Å². The zero-order valence-electron chi connectivity index (χ0n) is 19.9. The number of barbiturate groups is 1. The lowest BCUT2D eigenvalue weighted by Crippen LogP contribution is -2.54. The van der Waals surface area contributed by atoms with Crippen molar-refractivity contribution in [2.45, 2.75) is 11.8 Å². The lowest BCUT2D eigenvalue weighted by atomic mass is 10.1. The average molecular weight is 538 g/mol. The van der Waals surface area contributed by atoms with E-state index >= 15 is 0 Å². The number of anilines is 1. The van der Waals surface area contributed by atoms with Gasteiger partial charge in [-0.15, -0.1) is 0 Å². The third kappa shape index (κ3) is 5.08. The molecule has 12 nitrogen and oxygen atoms in total. The molecule has 4 amide bonds. The molecular formula is C25H19N3O9S. The number of carbonyl (C=O) groups is 3. The van der Waals surface area contributed by atoms with Gasteiger partial charge in [0, 0.05) is 6.07 Å². The molecule has 1 aliphatic rings. The fourth-order valence-corrected chi connectivity index (χ4v) is 4.69. The van der Waals surface area contributed by atoms with Crippen molar-refractivity contribution in [1.82, 2.24) is 5.32 Å². The monoisotopic (exact) mass is 537 g/mol. The normalized spacial score (nSPS) is 14.8. The van der Waals surface area contributed by atoms with Gasteiger partial charge in [-0.05, 0) is 48.9 Å². The molecule has 4 rings (SSSR count). The van der Waals surface area contributed by atoms with Gasteiger partial charge in [-0.25, -0.2) is 9.69 Å². The Bertz CT molecular complexity index is 1610. The number of benzene rings is 3. The topological polar surface area (TPSA) is 162 Å². The minimum atomic E-state index is -4.63. The first-order valence-corrected chi connectivity index (χ1v) is 12.3. The number of hydrogen-bond acceptors (Lipinski definition) is 9. The second-order valence-corrected chi connectivity index (χ2v) is 9.48. The number of urea groups is 1. The number of nitrogens with one attached hydrogen (secondary N) is 1. The maximum absolute atomic E-state index is 13.1. The number of methoxy groups -OCH3 is 1. The molecule has 0 radical (unpaired) electrons. The number of hydrogen-bond donors (Lipinski definition) is 1. The minimum Gasteiger partial charge on any atom is -0.493 e. The number of rotatable bonds is 7. The van der Waals surface area contributed by atoms with Gasteiger partial charge in [-0.2, -0.15) is 8.42 Å². The molecule has 0 atom stereocenters. The SMILES string of the molecule is COc1cc(C=C2C(=O)NC(=O)N(c3ccc(C)cc3)C2=O)ccc1OS(=O)(=O)c1ccccc1[N+](=O)[O-]. The highest BCUT2D eigenvalue weighted by atomic mass is 32.2. The van der Waals surface area contributed by atoms with Crippen LogP contribution in [0.1, 0.15) is 11.1 Å². The summed E-state index contributed by atoms with van der Waals surface area (Å²) in [6.07, 6.45) is 1.20. The lowest BCUT2D eigenvalue weighted by Gasteiger charge is -2.26. The molecule has 1 fully saturated rings. The molecule has 1 saturated heterocycles. The Hall–Kier alpha value is -5.04. The van der Waals surface area contributed by atoms with Crippen LogP contribution in [-0.2, 0) is 19.7 Å². The standard InChI is InChI=1S/C25H19N3O9S/c1-15-7-10-17(11-8-15)27-24(30)18(23(29)26-25(27)31)13-16-9-12-20(21(14-16)36-2)37-38(34,35)22-6-4-3-5-19(22)28(32)33/h3-14H,1-2H3,(H,26,29,31). The molecule has 0 saturated carbocycles. The number of nitro benzene ring substituents is 1. The molecule has 0 unspecified atom stereocenters. The van der Waals surface area contributed by atoms with Crippen LogP contribution >= 0.6 is 0 Å². The Labute approximate surface area is 216 Å². The van der Waals surface area contributed by atoms with Crippen molar-refractivity contribution < 1.29 is 36.6 Å². The quantitative estimate of drug-likeness (QED) is 0.157. The van der Waals surface area contributed by atoms with Crippen molar-refractivity contribution >= 4 is 45.4 Å². The molecule has 1 aliphatic heterocycles. The van der Waals surface area contributed by atoms with Crippen LogP contribution in [0.3, 0.4) is 0 Å². The van der Waals surface area contributed by atoms with Crippen LogP contribution in [0.25, 0.3) is 6.08 Å². The number of amides is 4. The third-order valence-corrected chi connectivity index (χ3v) is 6.71.